The Bertz CT molecular complexity index is 554. The van der Waals surface area contributed by atoms with Crippen molar-refractivity contribution in [2.45, 2.75) is 6.92 Å². The fourth-order valence-electron chi connectivity index (χ4n) is 1.72. The number of aromatic hydroxyl groups is 1. The van der Waals surface area contributed by atoms with Gasteiger partial charge < -0.3 is 14.8 Å². The molecule has 0 spiro atoms. The van der Waals surface area contributed by atoms with Gasteiger partial charge in [-0.2, -0.15) is 0 Å². The number of aromatic carboxylic acids is 1. The Kier molecular flexibility index (Phi) is 1.93. The van der Waals surface area contributed by atoms with E-state index in [0.29, 0.717) is 10.9 Å². The first-order chi connectivity index (χ1) is 7.02. The summed E-state index contributed by atoms with van der Waals surface area (Å²) < 4.78 is 1.78. The minimum atomic E-state index is -1.02. The van der Waals surface area contributed by atoms with Gasteiger partial charge in [-0.1, -0.05) is 0 Å². The zero-order chi connectivity index (χ0) is 11.2. The predicted molar refractivity (Wildman–Crippen MR) is 56.3 cm³/mol. The second kappa shape index (κ2) is 3.02. The van der Waals surface area contributed by atoms with Gasteiger partial charge in [-0.15, -0.1) is 0 Å². The van der Waals surface area contributed by atoms with Crippen LogP contribution in [0.4, 0.5) is 0 Å². The number of carbonyl (C=O) groups is 1. The van der Waals surface area contributed by atoms with E-state index >= 15 is 0 Å². The van der Waals surface area contributed by atoms with Gasteiger partial charge in [0.2, 0.25) is 0 Å². The first-order valence-corrected chi connectivity index (χ1v) is 4.53. The number of phenolic OH excluding ortho intramolecular Hbond substituents is 1. The van der Waals surface area contributed by atoms with Crippen molar-refractivity contribution >= 4 is 16.9 Å². The molecule has 1 aromatic heterocycles. The Hall–Kier alpha value is -1.97. The predicted octanol–water partition coefficient (Wildman–Crippen LogP) is 1.89. The lowest BCUT2D eigenvalue weighted by Crippen LogP contribution is -2.00. The molecule has 0 fully saturated rings. The second-order valence-electron chi connectivity index (χ2n) is 3.56. The highest BCUT2D eigenvalue weighted by molar-refractivity contribution is 5.98. The molecule has 0 radical (unpaired) electrons. The maximum atomic E-state index is 10.9. The fourth-order valence-corrected chi connectivity index (χ4v) is 1.72. The van der Waals surface area contributed by atoms with E-state index in [1.165, 1.54) is 0 Å². The Morgan fingerprint density at radius 3 is 2.73 bits per heavy atom. The van der Waals surface area contributed by atoms with E-state index in [9.17, 15) is 9.90 Å². The van der Waals surface area contributed by atoms with Crippen molar-refractivity contribution in [1.82, 2.24) is 4.57 Å². The topological polar surface area (TPSA) is 62.5 Å². The minimum Gasteiger partial charge on any atom is -0.507 e. The molecule has 4 heteroatoms. The highest BCUT2D eigenvalue weighted by Crippen LogP contribution is 2.31. The molecule has 4 nitrogen and oxygen atoms in total. The van der Waals surface area contributed by atoms with Crippen LogP contribution in [-0.4, -0.2) is 20.7 Å². The molecule has 0 aliphatic rings. The number of rotatable bonds is 1. The van der Waals surface area contributed by atoms with E-state index in [0.717, 1.165) is 5.52 Å². The van der Waals surface area contributed by atoms with Crippen LogP contribution in [0.5, 0.6) is 5.75 Å². The molecule has 0 saturated heterocycles. The van der Waals surface area contributed by atoms with Crippen molar-refractivity contribution in [3.05, 3.63) is 29.5 Å². The maximum absolute atomic E-state index is 10.9. The Balaban J connectivity index is 2.91. The number of benzene rings is 1. The molecule has 2 N–H and O–H groups in total. The summed E-state index contributed by atoms with van der Waals surface area (Å²) in [5, 5.41) is 19.5. The van der Waals surface area contributed by atoms with Gasteiger partial charge >= 0.3 is 5.97 Å². The van der Waals surface area contributed by atoms with Crippen LogP contribution in [-0.2, 0) is 7.05 Å². The molecule has 0 bridgehead atoms. The normalized spacial score (nSPS) is 10.8. The average molecular weight is 205 g/mol. The first kappa shape index (κ1) is 9.58. The molecular formula is C11H11NO3. The molecule has 2 rings (SSSR count). The van der Waals surface area contributed by atoms with Crippen molar-refractivity contribution in [3.63, 3.8) is 0 Å². The van der Waals surface area contributed by atoms with Gasteiger partial charge in [0.05, 0.1) is 11.1 Å². The Morgan fingerprint density at radius 2 is 2.13 bits per heavy atom. The van der Waals surface area contributed by atoms with Gasteiger partial charge in [0.1, 0.15) is 5.75 Å². The zero-order valence-electron chi connectivity index (χ0n) is 8.48. The summed E-state index contributed by atoms with van der Waals surface area (Å²) in [7, 11) is 1.81. The summed E-state index contributed by atoms with van der Waals surface area (Å²) in [4.78, 5) is 10.9. The van der Waals surface area contributed by atoms with Gasteiger partial charge in [0.25, 0.3) is 0 Å². The number of aromatic nitrogens is 1. The van der Waals surface area contributed by atoms with Gasteiger partial charge in [-0.25, -0.2) is 4.79 Å². The average Bonchev–Trinajstić information content (AvgIpc) is 2.53. The van der Waals surface area contributed by atoms with Crippen LogP contribution in [0.15, 0.2) is 18.3 Å². The van der Waals surface area contributed by atoms with Crippen LogP contribution in [0.1, 0.15) is 15.9 Å². The van der Waals surface area contributed by atoms with E-state index in [1.807, 2.05) is 7.05 Å². The van der Waals surface area contributed by atoms with Gasteiger partial charge in [0, 0.05) is 24.2 Å². The third kappa shape index (κ3) is 1.26. The van der Waals surface area contributed by atoms with E-state index in [4.69, 9.17) is 5.11 Å². The molecule has 1 aromatic carbocycles. The summed E-state index contributed by atoms with van der Waals surface area (Å²) in [6.07, 6.45) is 1.79. The number of carboxylic acid groups (broad SMARTS) is 1. The molecule has 2 aromatic rings. The lowest BCUT2D eigenvalue weighted by atomic mass is 10.0. The van der Waals surface area contributed by atoms with Crippen LogP contribution in [0.25, 0.3) is 10.9 Å². The number of carboxylic acids is 1. The SMILES string of the molecule is Cc1c(C(=O)O)cc2c(ccn2C)c1O. The zero-order valence-corrected chi connectivity index (χ0v) is 8.48. The van der Waals surface area contributed by atoms with Crippen LogP contribution in [0.3, 0.4) is 0 Å². The maximum Gasteiger partial charge on any atom is 0.336 e. The number of hydrogen-bond acceptors (Lipinski definition) is 2. The summed E-state index contributed by atoms with van der Waals surface area (Å²) in [6.45, 7) is 1.60. The van der Waals surface area contributed by atoms with Crippen LogP contribution in [0, 0.1) is 6.92 Å². The third-order valence-electron chi connectivity index (χ3n) is 2.65. The summed E-state index contributed by atoms with van der Waals surface area (Å²) in [6, 6.07) is 3.34. The molecular weight excluding hydrogens is 194 g/mol. The summed E-state index contributed by atoms with van der Waals surface area (Å²) in [5.74, 6) is -0.976. The summed E-state index contributed by atoms with van der Waals surface area (Å²) in [5.41, 5.74) is 1.26. The van der Waals surface area contributed by atoms with Crippen molar-refractivity contribution < 1.29 is 15.0 Å². The van der Waals surface area contributed by atoms with E-state index in [-0.39, 0.29) is 11.3 Å². The van der Waals surface area contributed by atoms with Crippen molar-refractivity contribution in [3.8, 4) is 5.75 Å². The largest absolute Gasteiger partial charge is 0.507 e. The highest BCUT2D eigenvalue weighted by atomic mass is 16.4. The van der Waals surface area contributed by atoms with Crippen LogP contribution >= 0.6 is 0 Å². The van der Waals surface area contributed by atoms with Gasteiger partial charge in [-0.05, 0) is 19.1 Å². The summed E-state index contributed by atoms with van der Waals surface area (Å²) >= 11 is 0. The van der Waals surface area contributed by atoms with Crippen molar-refractivity contribution in [2.75, 3.05) is 0 Å². The van der Waals surface area contributed by atoms with Gasteiger partial charge in [0.15, 0.2) is 0 Å². The number of hydrogen-bond donors (Lipinski definition) is 2. The number of fused-ring (bicyclic) bond motifs is 1. The van der Waals surface area contributed by atoms with Crippen LogP contribution in [0.2, 0.25) is 0 Å². The smallest absolute Gasteiger partial charge is 0.336 e. The lowest BCUT2D eigenvalue weighted by molar-refractivity contribution is 0.0696. The van der Waals surface area contributed by atoms with E-state index < -0.39 is 5.97 Å². The number of nitrogens with zero attached hydrogens (tertiary/aromatic N) is 1. The molecule has 0 amide bonds. The Morgan fingerprint density at radius 1 is 1.47 bits per heavy atom. The molecule has 0 saturated carbocycles. The quantitative estimate of drug-likeness (QED) is 0.747. The number of aryl methyl sites for hydroxylation is 1. The van der Waals surface area contributed by atoms with Crippen molar-refractivity contribution in [2.24, 2.45) is 7.05 Å². The second-order valence-corrected chi connectivity index (χ2v) is 3.56. The fraction of sp³-hybridized carbons (Fsp3) is 0.182. The standard InChI is InChI=1S/C11H11NO3/c1-6-8(11(14)15)5-9-7(10(6)13)3-4-12(9)2/h3-5,13H,1-2H3,(H,14,15). The van der Waals surface area contributed by atoms with Crippen LogP contribution < -0.4 is 0 Å². The molecule has 0 aliphatic carbocycles. The molecule has 0 unspecified atom stereocenters. The van der Waals surface area contributed by atoms with E-state index in [2.05, 4.69) is 0 Å². The molecule has 0 atom stereocenters. The highest BCUT2D eigenvalue weighted by Gasteiger charge is 2.15. The minimum absolute atomic E-state index is 0.0468. The molecule has 0 aliphatic heterocycles. The number of phenols is 1. The molecule has 1 heterocycles. The Labute approximate surface area is 86.4 Å². The monoisotopic (exact) mass is 205 g/mol. The lowest BCUT2D eigenvalue weighted by Gasteiger charge is -2.06. The van der Waals surface area contributed by atoms with Crippen molar-refractivity contribution in [1.29, 1.82) is 0 Å². The van der Waals surface area contributed by atoms with Gasteiger partial charge in [-0.3, -0.25) is 0 Å². The third-order valence-corrected chi connectivity index (χ3v) is 2.65. The first-order valence-electron chi connectivity index (χ1n) is 4.53. The molecule has 15 heavy (non-hydrogen) atoms. The van der Waals surface area contributed by atoms with E-state index in [1.54, 1.807) is 29.8 Å². The molecule has 78 valence electrons.